The number of terminal acetylenes is 1. The Morgan fingerprint density at radius 3 is 2.71 bits per heavy atom. The van der Waals surface area contributed by atoms with Crippen LogP contribution in [0.25, 0.3) is 0 Å². The zero-order chi connectivity index (χ0) is 13.3. The highest BCUT2D eigenvalue weighted by atomic mass is 32.2. The van der Waals surface area contributed by atoms with E-state index in [-0.39, 0.29) is 0 Å². The van der Waals surface area contributed by atoms with E-state index >= 15 is 0 Å². The van der Waals surface area contributed by atoms with Crippen molar-refractivity contribution in [2.45, 2.75) is 19.1 Å². The lowest BCUT2D eigenvalue weighted by atomic mass is 10.3. The van der Waals surface area contributed by atoms with Crippen molar-refractivity contribution >= 4 is 17.7 Å². The van der Waals surface area contributed by atoms with Crippen LogP contribution in [0.4, 0.5) is 13.2 Å². The molecule has 17 heavy (non-hydrogen) atoms. The molecule has 0 radical (unpaired) electrons. The molecule has 0 saturated carbocycles. The second-order valence-corrected chi connectivity index (χ2v) is 4.37. The molecule has 0 aliphatic heterocycles. The van der Waals surface area contributed by atoms with Crippen LogP contribution in [-0.4, -0.2) is 42.7 Å². The largest absolute Gasteiger partial charge is 0.405 e. The highest BCUT2D eigenvalue weighted by molar-refractivity contribution is 7.99. The molecule has 0 aliphatic rings. The van der Waals surface area contributed by atoms with E-state index < -0.39 is 24.7 Å². The van der Waals surface area contributed by atoms with Crippen molar-refractivity contribution in [2.75, 3.05) is 24.6 Å². The molecule has 3 nitrogen and oxygen atoms in total. The number of carbonyl (C=O) groups is 1. The molecule has 2 N–H and O–H groups in total. The van der Waals surface area contributed by atoms with Gasteiger partial charge in [-0.1, -0.05) is 5.92 Å². The third-order valence-electron chi connectivity index (χ3n) is 1.74. The maximum atomic E-state index is 11.8. The van der Waals surface area contributed by atoms with Gasteiger partial charge in [-0.25, -0.2) is 0 Å². The zero-order valence-electron chi connectivity index (χ0n) is 9.43. The molecule has 0 heterocycles. The third-order valence-corrected chi connectivity index (χ3v) is 2.60. The monoisotopic (exact) mass is 268 g/mol. The van der Waals surface area contributed by atoms with E-state index in [0.717, 1.165) is 0 Å². The van der Waals surface area contributed by atoms with Crippen molar-refractivity contribution in [1.29, 1.82) is 0 Å². The first kappa shape index (κ1) is 16.1. The summed E-state index contributed by atoms with van der Waals surface area (Å²) in [5.74, 6) is 3.07. The highest BCUT2D eigenvalue weighted by Crippen LogP contribution is 2.12. The normalized spacial score (nSPS) is 12.9. The molecule has 1 unspecified atom stereocenters. The molecule has 0 bridgehead atoms. The SMILES string of the molecule is C#CCSCCNC(C)C(=O)NCC(F)(F)F. The van der Waals surface area contributed by atoms with Crippen LogP contribution in [-0.2, 0) is 4.79 Å². The first-order valence-corrected chi connectivity index (χ1v) is 6.11. The van der Waals surface area contributed by atoms with E-state index in [2.05, 4.69) is 11.2 Å². The fraction of sp³-hybridized carbons (Fsp3) is 0.700. The molecular weight excluding hydrogens is 253 g/mol. The Bertz CT molecular complexity index is 276. The van der Waals surface area contributed by atoms with Gasteiger partial charge in [0.25, 0.3) is 0 Å². The summed E-state index contributed by atoms with van der Waals surface area (Å²) < 4.78 is 35.4. The van der Waals surface area contributed by atoms with Gasteiger partial charge in [-0.3, -0.25) is 4.79 Å². The van der Waals surface area contributed by atoms with Crippen molar-refractivity contribution in [3.63, 3.8) is 0 Å². The predicted octanol–water partition coefficient (Wildman–Crippen LogP) is 1.01. The van der Waals surface area contributed by atoms with Gasteiger partial charge in [0.1, 0.15) is 6.54 Å². The predicted molar refractivity (Wildman–Crippen MR) is 62.7 cm³/mol. The average Bonchev–Trinajstić information content (AvgIpc) is 2.24. The Balaban J connectivity index is 3.65. The van der Waals surface area contributed by atoms with E-state index in [0.29, 0.717) is 18.1 Å². The Morgan fingerprint density at radius 2 is 2.18 bits per heavy atom. The van der Waals surface area contributed by atoms with Crippen LogP contribution in [0.15, 0.2) is 0 Å². The van der Waals surface area contributed by atoms with Crippen LogP contribution in [0.2, 0.25) is 0 Å². The third kappa shape index (κ3) is 10.0. The minimum absolute atomic E-state index is 0.521. The molecule has 0 saturated heterocycles. The van der Waals surface area contributed by atoms with Crippen LogP contribution in [0.1, 0.15) is 6.92 Å². The average molecular weight is 268 g/mol. The van der Waals surface area contributed by atoms with Crippen LogP contribution in [0, 0.1) is 12.3 Å². The quantitative estimate of drug-likeness (QED) is 0.535. The number of amides is 1. The molecular formula is C10H15F3N2OS. The van der Waals surface area contributed by atoms with E-state index in [1.165, 1.54) is 18.7 Å². The van der Waals surface area contributed by atoms with Crippen LogP contribution >= 0.6 is 11.8 Å². The number of hydrogen-bond donors (Lipinski definition) is 2. The molecule has 0 aromatic heterocycles. The molecule has 0 aromatic carbocycles. The summed E-state index contributed by atoms with van der Waals surface area (Å²) in [6, 6.07) is -0.649. The fourth-order valence-electron chi connectivity index (χ4n) is 0.912. The highest BCUT2D eigenvalue weighted by Gasteiger charge is 2.28. The van der Waals surface area contributed by atoms with Crippen molar-refractivity contribution < 1.29 is 18.0 Å². The van der Waals surface area contributed by atoms with Crippen molar-refractivity contribution in [3.8, 4) is 12.3 Å². The van der Waals surface area contributed by atoms with E-state index in [9.17, 15) is 18.0 Å². The Kier molecular flexibility index (Phi) is 7.83. The standard InChI is InChI=1S/C10H15F3N2OS/c1-3-5-17-6-4-14-8(2)9(16)15-7-10(11,12)13/h1,8,14H,4-7H2,2H3,(H,15,16). The van der Waals surface area contributed by atoms with Crippen LogP contribution < -0.4 is 10.6 Å². The maximum Gasteiger partial charge on any atom is 0.405 e. The smallest absolute Gasteiger partial charge is 0.346 e. The van der Waals surface area contributed by atoms with Crippen molar-refractivity contribution in [3.05, 3.63) is 0 Å². The fourth-order valence-corrected chi connectivity index (χ4v) is 1.44. The number of hydrogen-bond acceptors (Lipinski definition) is 3. The van der Waals surface area contributed by atoms with Gasteiger partial charge in [0, 0.05) is 12.3 Å². The molecule has 0 spiro atoms. The Morgan fingerprint density at radius 1 is 1.53 bits per heavy atom. The lowest BCUT2D eigenvalue weighted by Gasteiger charge is -2.14. The molecule has 0 rings (SSSR count). The minimum Gasteiger partial charge on any atom is -0.346 e. The van der Waals surface area contributed by atoms with Gasteiger partial charge in [-0.15, -0.1) is 18.2 Å². The second kappa shape index (κ2) is 8.25. The number of alkyl halides is 3. The summed E-state index contributed by atoms with van der Waals surface area (Å²) in [6.07, 6.45) is 0.660. The topological polar surface area (TPSA) is 41.1 Å². The molecule has 0 aromatic rings. The summed E-state index contributed by atoms with van der Waals surface area (Å²) >= 11 is 1.51. The zero-order valence-corrected chi connectivity index (χ0v) is 10.3. The number of carbonyl (C=O) groups excluding carboxylic acids is 1. The van der Waals surface area contributed by atoms with Crippen molar-refractivity contribution in [2.24, 2.45) is 0 Å². The molecule has 0 aliphatic carbocycles. The maximum absolute atomic E-state index is 11.8. The lowest BCUT2D eigenvalue weighted by Crippen LogP contribution is -2.45. The van der Waals surface area contributed by atoms with E-state index in [1.807, 2.05) is 5.32 Å². The summed E-state index contributed by atoms with van der Waals surface area (Å²) in [7, 11) is 0. The molecule has 1 amide bonds. The molecule has 0 fully saturated rings. The van der Waals surface area contributed by atoms with Crippen LogP contribution in [0.3, 0.4) is 0 Å². The Labute approximate surface area is 103 Å². The summed E-state index contributed by atoms with van der Waals surface area (Å²) in [5.41, 5.74) is 0. The Hall–Kier alpha value is -0.870. The first-order valence-electron chi connectivity index (χ1n) is 4.96. The molecule has 98 valence electrons. The first-order chi connectivity index (χ1) is 7.87. The molecule has 7 heteroatoms. The van der Waals surface area contributed by atoms with Crippen LogP contribution in [0.5, 0.6) is 0 Å². The van der Waals surface area contributed by atoms with Gasteiger partial charge in [-0.05, 0) is 6.92 Å². The number of thioether (sulfide) groups is 1. The van der Waals surface area contributed by atoms with Gasteiger partial charge < -0.3 is 10.6 Å². The number of rotatable bonds is 7. The summed E-state index contributed by atoms with van der Waals surface area (Å²) in [6.45, 7) is 0.730. The van der Waals surface area contributed by atoms with E-state index in [4.69, 9.17) is 6.42 Å². The summed E-state index contributed by atoms with van der Waals surface area (Å²) in [5, 5.41) is 4.62. The van der Waals surface area contributed by atoms with Gasteiger partial charge in [0.05, 0.1) is 11.8 Å². The lowest BCUT2D eigenvalue weighted by molar-refractivity contribution is -0.139. The van der Waals surface area contributed by atoms with Crippen molar-refractivity contribution in [1.82, 2.24) is 10.6 Å². The number of halogens is 3. The van der Waals surface area contributed by atoms with Gasteiger partial charge in [0.2, 0.25) is 5.91 Å². The van der Waals surface area contributed by atoms with E-state index in [1.54, 1.807) is 0 Å². The molecule has 1 atom stereocenters. The van der Waals surface area contributed by atoms with Gasteiger partial charge >= 0.3 is 6.18 Å². The summed E-state index contributed by atoms with van der Waals surface area (Å²) in [4.78, 5) is 11.2. The minimum atomic E-state index is -4.38. The second-order valence-electron chi connectivity index (χ2n) is 3.27. The van der Waals surface area contributed by atoms with Gasteiger partial charge in [-0.2, -0.15) is 13.2 Å². The number of nitrogens with one attached hydrogen (secondary N) is 2. The van der Waals surface area contributed by atoms with Gasteiger partial charge in [0.15, 0.2) is 0 Å².